The van der Waals surface area contributed by atoms with Gasteiger partial charge in [-0.2, -0.15) is 0 Å². The molecule has 0 amide bonds. The topological polar surface area (TPSA) is 32.3 Å². The van der Waals surface area contributed by atoms with Crippen LogP contribution in [0.1, 0.15) is 46.0 Å². The van der Waals surface area contributed by atoms with E-state index in [2.05, 4.69) is 12.2 Å². The molecule has 0 aromatic heterocycles. The van der Waals surface area contributed by atoms with Crippen LogP contribution in [-0.2, 0) is 0 Å². The van der Waals surface area contributed by atoms with Crippen molar-refractivity contribution in [1.82, 2.24) is 5.32 Å². The molecule has 2 unspecified atom stereocenters. The van der Waals surface area contributed by atoms with Gasteiger partial charge in [0.1, 0.15) is 0 Å². The third-order valence-electron chi connectivity index (χ3n) is 3.34. The summed E-state index contributed by atoms with van der Waals surface area (Å²) >= 11 is 0. The van der Waals surface area contributed by atoms with E-state index >= 15 is 0 Å². The van der Waals surface area contributed by atoms with Crippen molar-refractivity contribution in [1.29, 1.82) is 0 Å². The van der Waals surface area contributed by atoms with Crippen molar-refractivity contribution in [3.05, 3.63) is 0 Å². The van der Waals surface area contributed by atoms with E-state index in [0.29, 0.717) is 0 Å². The number of hydrogen-bond donors (Lipinski definition) is 2. The minimum absolute atomic E-state index is 0.208. The summed E-state index contributed by atoms with van der Waals surface area (Å²) in [6.07, 6.45) is 6.74. The van der Waals surface area contributed by atoms with Crippen molar-refractivity contribution in [2.75, 3.05) is 13.1 Å². The Balaban J connectivity index is 2.11. The van der Waals surface area contributed by atoms with Gasteiger partial charge in [-0.25, -0.2) is 0 Å². The van der Waals surface area contributed by atoms with Crippen LogP contribution in [0.25, 0.3) is 0 Å². The van der Waals surface area contributed by atoms with Gasteiger partial charge in [0.25, 0.3) is 0 Å². The molecule has 2 N–H and O–H groups in total. The highest BCUT2D eigenvalue weighted by Gasteiger charge is 2.20. The van der Waals surface area contributed by atoms with Gasteiger partial charge in [-0.1, -0.05) is 26.2 Å². The molecular formula is C12H25NO. The minimum atomic E-state index is -0.208. The second-order valence-electron chi connectivity index (χ2n) is 4.81. The molecule has 1 aliphatic rings. The molecule has 0 saturated heterocycles. The summed E-state index contributed by atoms with van der Waals surface area (Å²) in [5, 5.41) is 12.5. The first kappa shape index (κ1) is 12.0. The number of rotatable bonds is 5. The van der Waals surface area contributed by atoms with E-state index in [4.69, 9.17) is 5.11 Å². The largest absolute Gasteiger partial charge is 0.392 e. The highest BCUT2D eigenvalue weighted by molar-refractivity contribution is 4.74. The molecule has 3 atom stereocenters. The maximum absolute atomic E-state index is 9.12. The van der Waals surface area contributed by atoms with Gasteiger partial charge in [-0.05, 0) is 38.1 Å². The van der Waals surface area contributed by atoms with Crippen LogP contribution in [0, 0.1) is 11.8 Å². The molecule has 2 heteroatoms. The summed E-state index contributed by atoms with van der Waals surface area (Å²) in [4.78, 5) is 0. The predicted molar refractivity (Wildman–Crippen MR) is 60.3 cm³/mol. The summed E-state index contributed by atoms with van der Waals surface area (Å²) in [7, 11) is 0. The minimum Gasteiger partial charge on any atom is -0.392 e. The molecule has 1 rings (SSSR count). The molecule has 14 heavy (non-hydrogen) atoms. The quantitative estimate of drug-likeness (QED) is 0.711. The highest BCUT2D eigenvalue weighted by atomic mass is 16.3. The lowest BCUT2D eigenvalue weighted by molar-refractivity contribution is 0.183. The van der Waals surface area contributed by atoms with E-state index in [1.165, 1.54) is 32.1 Å². The molecule has 0 aliphatic heterocycles. The maximum Gasteiger partial charge on any atom is 0.0636 e. The van der Waals surface area contributed by atoms with Crippen molar-refractivity contribution in [3.63, 3.8) is 0 Å². The molecule has 0 bridgehead atoms. The summed E-state index contributed by atoms with van der Waals surface area (Å²) in [6, 6.07) is 0. The summed E-state index contributed by atoms with van der Waals surface area (Å²) in [5.41, 5.74) is 0. The summed E-state index contributed by atoms with van der Waals surface area (Å²) in [6.45, 7) is 5.98. The van der Waals surface area contributed by atoms with E-state index in [0.717, 1.165) is 24.9 Å². The monoisotopic (exact) mass is 199 g/mol. The van der Waals surface area contributed by atoms with Crippen LogP contribution in [0.5, 0.6) is 0 Å². The summed E-state index contributed by atoms with van der Waals surface area (Å²) < 4.78 is 0. The second kappa shape index (κ2) is 6.41. The third kappa shape index (κ3) is 4.43. The Morgan fingerprint density at radius 1 is 1.36 bits per heavy atom. The molecule has 84 valence electrons. The fraction of sp³-hybridized carbons (Fsp3) is 1.00. The van der Waals surface area contributed by atoms with Gasteiger partial charge in [-0.15, -0.1) is 0 Å². The number of hydrogen-bond acceptors (Lipinski definition) is 2. The van der Waals surface area contributed by atoms with Crippen LogP contribution in [0.3, 0.4) is 0 Å². The Morgan fingerprint density at radius 2 is 2.07 bits per heavy atom. The average molecular weight is 199 g/mol. The van der Waals surface area contributed by atoms with Gasteiger partial charge in [-0.3, -0.25) is 0 Å². The molecule has 0 aromatic carbocycles. The van der Waals surface area contributed by atoms with Crippen LogP contribution in [0.4, 0.5) is 0 Å². The first-order valence-electron chi connectivity index (χ1n) is 6.11. The van der Waals surface area contributed by atoms with E-state index in [9.17, 15) is 0 Å². The molecular weight excluding hydrogens is 174 g/mol. The zero-order chi connectivity index (χ0) is 10.4. The van der Waals surface area contributed by atoms with E-state index in [1.54, 1.807) is 0 Å². The Morgan fingerprint density at radius 3 is 2.71 bits per heavy atom. The first-order valence-corrected chi connectivity index (χ1v) is 6.11. The van der Waals surface area contributed by atoms with E-state index in [1.807, 2.05) is 6.92 Å². The fourth-order valence-corrected chi connectivity index (χ4v) is 2.45. The van der Waals surface area contributed by atoms with Crippen LogP contribution < -0.4 is 5.32 Å². The van der Waals surface area contributed by atoms with Gasteiger partial charge < -0.3 is 10.4 Å². The predicted octanol–water partition coefficient (Wildman–Crippen LogP) is 2.17. The van der Waals surface area contributed by atoms with E-state index in [-0.39, 0.29) is 6.10 Å². The average Bonchev–Trinajstić information content (AvgIpc) is 2.18. The normalized spacial score (nSPS) is 30.2. The highest BCUT2D eigenvalue weighted by Crippen LogP contribution is 2.30. The summed E-state index contributed by atoms with van der Waals surface area (Å²) in [5.74, 6) is 1.81. The van der Waals surface area contributed by atoms with Crippen molar-refractivity contribution in [2.45, 2.75) is 52.1 Å². The lowest BCUT2D eigenvalue weighted by Crippen LogP contribution is -2.31. The zero-order valence-corrected chi connectivity index (χ0v) is 9.63. The van der Waals surface area contributed by atoms with Crippen LogP contribution in [0.15, 0.2) is 0 Å². The Kier molecular flexibility index (Phi) is 5.49. The third-order valence-corrected chi connectivity index (χ3v) is 3.34. The Bertz CT molecular complexity index is 147. The SMILES string of the molecule is CCC1CCCC(CNC[C@@H](C)O)C1. The van der Waals surface area contributed by atoms with Crippen molar-refractivity contribution in [3.8, 4) is 0 Å². The van der Waals surface area contributed by atoms with Gasteiger partial charge in [0.05, 0.1) is 6.10 Å². The van der Waals surface area contributed by atoms with E-state index < -0.39 is 0 Å². The Hall–Kier alpha value is -0.0800. The molecule has 0 aromatic rings. The van der Waals surface area contributed by atoms with Crippen molar-refractivity contribution in [2.24, 2.45) is 11.8 Å². The van der Waals surface area contributed by atoms with Gasteiger partial charge in [0.15, 0.2) is 0 Å². The zero-order valence-electron chi connectivity index (χ0n) is 9.63. The fourth-order valence-electron chi connectivity index (χ4n) is 2.45. The molecule has 0 heterocycles. The lowest BCUT2D eigenvalue weighted by atomic mass is 9.80. The molecule has 0 spiro atoms. The lowest BCUT2D eigenvalue weighted by Gasteiger charge is -2.28. The molecule has 1 saturated carbocycles. The molecule has 2 nitrogen and oxygen atoms in total. The second-order valence-corrected chi connectivity index (χ2v) is 4.81. The molecule has 0 radical (unpaired) electrons. The number of nitrogens with one attached hydrogen (secondary N) is 1. The van der Waals surface area contributed by atoms with Crippen LogP contribution in [-0.4, -0.2) is 24.3 Å². The first-order chi connectivity index (χ1) is 6.72. The smallest absolute Gasteiger partial charge is 0.0636 e. The number of aliphatic hydroxyl groups is 1. The van der Waals surface area contributed by atoms with Gasteiger partial charge >= 0.3 is 0 Å². The van der Waals surface area contributed by atoms with Crippen LogP contribution >= 0.6 is 0 Å². The maximum atomic E-state index is 9.12. The molecule has 1 fully saturated rings. The number of aliphatic hydroxyl groups excluding tert-OH is 1. The van der Waals surface area contributed by atoms with Crippen molar-refractivity contribution >= 4 is 0 Å². The van der Waals surface area contributed by atoms with Crippen LogP contribution in [0.2, 0.25) is 0 Å². The van der Waals surface area contributed by atoms with Gasteiger partial charge in [0, 0.05) is 6.54 Å². The van der Waals surface area contributed by atoms with Gasteiger partial charge in [0.2, 0.25) is 0 Å². The van der Waals surface area contributed by atoms with Crippen molar-refractivity contribution < 1.29 is 5.11 Å². The molecule has 1 aliphatic carbocycles. The Labute approximate surface area is 88.1 Å². The standard InChI is InChI=1S/C12H25NO/c1-3-11-5-4-6-12(7-11)9-13-8-10(2)14/h10-14H,3-9H2,1-2H3/t10-,11?,12?/m1/s1.